The van der Waals surface area contributed by atoms with Gasteiger partial charge in [-0.3, -0.25) is 0 Å². The minimum Gasteiger partial charge on any atom is -0.478 e. The van der Waals surface area contributed by atoms with Gasteiger partial charge < -0.3 is 15.0 Å². The van der Waals surface area contributed by atoms with Crippen LogP contribution in [0.5, 0.6) is 0 Å². The number of nitrogens with one attached hydrogen (secondary N) is 1. The van der Waals surface area contributed by atoms with Crippen molar-refractivity contribution in [2.45, 2.75) is 6.42 Å². The molecular formula is C11H14N4O2. The van der Waals surface area contributed by atoms with E-state index < -0.39 is 5.97 Å². The fraction of sp³-hybridized carbons (Fsp3) is 0.364. The zero-order chi connectivity index (χ0) is 12.4. The van der Waals surface area contributed by atoms with E-state index in [0.29, 0.717) is 11.2 Å². The molecule has 0 unspecified atom stereocenters. The van der Waals surface area contributed by atoms with Gasteiger partial charge in [0.05, 0.1) is 11.1 Å². The SMILES string of the molecule is CN(C)CCc1nc2nccc(C(=O)O)c2[nH]1. The highest BCUT2D eigenvalue weighted by Crippen LogP contribution is 2.14. The Morgan fingerprint density at radius 1 is 1.53 bits per heavy atom. The molecule has 2 rings (SSSR count). The van der Waals surface area contributed by atoms with E-state index in [4.69, 9.17) is 5.11 Å². The van der Waals surface area contributed by atoms with Gasteiger partial charge in [-0.15, -0.1) is 0 Å². The number of aromatic carboxylic acids is 1. The highest BCUT2D eigenvalue weighted by atomic mass is 16.4. The summed E-state index contributed by atoms with van der Waals surface area (Å²) in [6, 6.07) is 1.47. The maximum Gasteiger partial charge on any atom is 0.338 e. The molecule has 0 saturated carbocycles. The Kier molecular flexibility index (Phi) is 3.06. The molecule has 90 valence electrons. The number of fused-ring (bicyclic) bond motifs is 1. The molecular weight excluding hydrogens is 220 g/mol. The number of carboxylic acid groups (broad SMARTS) is 1. The van der Waals surface area contributed by atoms with E-state index in [0.717, 1.165) is 18.8 Å². The van der Waals surface area contributed by atoms with Crippen molar-refractivity contribution in [3.05, 3.63) is 23.7 Å². The molecule has 0 spiro atoms. The molecule has 2 heterocycles. The highest BCUT2D eigenvalue weighted by Gasteiger charge is 2.12. The first-order valence-corrected chi connectivity index (χ1v) is 5.29. The molecule has 17 heavy (non-hydrogen) atoms. The Bertz CT molecular complexity index is 547. The molecule has 0 aliphatic heterocycles. The summed E-state index contributed by atoms with van der Waals surface area (Å²) in [5.41, 5.74) is 1.16. The summed E-state index contributed by atoms with van der Waals surface area (Å²) < 4.78 is 0. The van der Waals surface area contributed by atoms with E-state index in [1.807, 2.05) is 19.0 Å². The zero-order valence-corrected chi connectivity index (χ0v) is 9.77. The third-order valence-corrected chi connectivity index (χ3v) is 2.47. The van der Waals surface area contributed by atoms with E-state index in [1.54, 1.807) is 0 Å². The molecule has 0 aromatic carbocycles. The van der Waals surface area contributed by atoms with Gasteiger partial charge in [0.25, 0.3) is 0 Å². The summed E-state index contributed by atoms with van der Waals surface area (Å²) in [7, 11) is 3.95. The van der Waals surface area contributed by atoms with Crippen molar-refractivity contribution in [3.63, 3.8) is 0 Å². The van der Waals surface area contributed by atoms with Crippen LogP contribution < -0.4 is 0 Å². The number of likely N-dealkylation sites (N-methyl/N-ethyl adjacent to an activating group) is 1. The number of hydrogen-bond acceptors (Lipinski definition) is 4. The summed E-state index contributed by atoms with van der Waals surface area (Å²) >= 11 is 0. The number of carbonyl (C=O) groups is 1. The van der Waals surface area contributed by atoms with Crippen molar-refractivity contribution >= 4 is 17.1 Å². The number of rotatable bonds is 4. The molecule has 0 aliphatic rings. The lowest BCUT2D eigenvalue weighted by molar-refractivity contribution is 0.0698. The van der Waals surface area contributed by atoms with Crippen LogP contribution in [0.1, 0.15) is 16.2 Å². The van der Waals surface area contributed by atoms with E-state index >= 15 is 0 Å². The normalized spacial score (nSPS) is 11.2. The average Bonchev–Trinajstić information content (AvgIpc) is 2.68. The minimum absolute atomic E-state index is 0.207. The van der Waals surface area contributed by atoms with E-state index in [1.165, 1.54) is 12.3 Å². The molecule has 6 nitrogen and oxygen atoms in total. The molecule has 2 N–H and O–H groups in total. The summed E-state index contributed by atoms with van der Waals surface area (Å²) in [6.45, 7) is 0.849. The lowest BCUT2D eigenvalue weighted by Gasteiger charge is -2.06. The van der Waals surface area contributed by atoms with Crippen LogP contribution in [0.3, 0.4) is 0 Å². The Hall–Kier alpha value is -1.95. The second kappa shape index (κ2) is 4.50. The molecule has 0 radical (unpaired) electrons. The Labute approximate surface area is 98.3 Å². The minimum atomic E-state index is -0.972. The standard InChI is InChI=1S/C11H14N4O2/c1-15(2)6-4-8-13-9-7(11(16)17)3-5-12-10(9)14-8/h3,5H,4,6H2,1-2H3,(H,16,17)(H,12,13,14). The molecule has 0 amide bonds. The van der Waals surface area contributed by atoms with Crippen LogP contribution in [0.4, 0.5) is 0 Å². The first kappa shape index (κ1) is 11.5. The first-order valence-electron chi connectivity index (χ1n) is 5.29. The van der Waals surface area contributed by atoms with Crippen LogP contribution in [-0.2, 0) is 6.42 Å². The van der Waals surface area contributed by atoms with Crippen LogP contribution in [0.25, 0.3) is 11.2 Å². The Morgan fingerprint density at radius 2 is 2.29 bits per heavy atom. The number of pyridine rings is 1. The van der Waals surface area contributed by atoms with Gasteiger partial charge in [-0.1, -0.05) is 0 Å². The van der Waals surface area contributed by atoms with Gasteiger partial charge in [-0.25, -0.2) is 14.8 Å². The second-order valence-electron chi connectivity index (χ2n) is 4.10. The molecule has 0 saturated heterocycles. The molecule has 2 aromatic heterocycles. The maximum atomic E-state index is 11.0. The Morgan fingerprint density at radius 3 is 2.94 bits per heavy atom. The summed E-state index contributed by atoms with van der Waals surface area (Å²) in [5.74, 6) is -0.213. The molecule has 2 aromatic rings. The van der Waals surface area contributed by atoms with Gasteiger partial charge in [-0.2, -0.15) is 0 Å². The quantitative estimate of drug-likeness (QED) is 0.816. The van der Waals surface area contributed by atoms with Crippen LogP contribution in [0.2, 0.25) is 0 Å². The maximum absolute atomic E-state index is 11.0. The number of imidazole rings is 1. The number of carboxylic acids is 1. The van der Waals surface area contributed by atoms with Crippen molar-refractivity contribution in [2.24, 2.45) is 0 Å². The van der Waals surface area contributed by atoms with Gasteiger partial charge >= 0.3 is 5.97 Å². The molecule has 0 atom stereocenters. The number of hydrogen-bond donors (Lipinski definition) is 2. The number of nitrogens with zero attached hydrogens (tertiary/aromatic N) is 3. The van der Waals surface area contributed by atoms with Crippen molar-refractivity contribution < 1.29 is 9.90 Å². The van der Waals surface area contributed by atoms with Crippen LogP contribution in [0, 0.1) is 0 Å². The number of aromatic amines is 1. The fourth-order valence-electron chi connectivity index (χ4n) is 1.58. The predicted octanol–water partition coefficient (Wildman–Crippen LogP) is 0.760. The topological polar surface area (TPSA) is 82.1 Å². The van der Waals surface area contributed by atoms with E-state index in [-0.39, 0.29) is 5.56 Å². The van der Waals surface area contributed by atoms with Gasteiger partial charge in [0.1, 0.15) is 5.82 Å². The summed E-state index contributed by atoms with van der Waals surface area (Å²) in [6.07, 6.45) is 2.20. The molecule has 0 aliphatic carbocycles. The third-order valence-electron chi connectivity index (χ3n) is 2.47. The van der Waals surface area contributed by atoms with Gasteiger partial charge in [0, 0.05) is 19.2 Å². The molecule has 0 bridgehead atoms. The smallest absolute Gasteiger partial charge is 0.338 e. The largest absolute Gasteiger partial charge is 0.478 e. The van der Waals surface area contributed by atoms with Crippen LogP contribution >= 0.6 is 0 Å². The van der Waals surface area contributed by atoms with Crippen LogP contribution in [-0.4, -0.2) is 51.6 Å². The third kappa shape index (κ3) is 2.42. The van der Waals surface area contributed by atoms with Gasteiger partial charge in [0.15, 0.2) is 5.65 Å². The van der Waals surface area contributed by atoms with E-state index in [2.05, 4.69) is 15.0 Å². The van der Waals surface area contributed by atoms with Gasteiger partial charge in [0.2, 0.25) is 0 Å². The van der Waals surface area contributed by atoms with Crippen molar-refractivity contribution in [2.75, 3.05) is 20.6 Å². The highest BCUT2D eigenvalue weighted by molar-refractivity contribution is 5.99. The number of H-pyrrole nitrogens is 1. The summed E-state index contributed by atoms with van der Waals surface area (Å²) in [4.78, 5) is 24.4. The van der Waals surface area contributed by atoms with E-state index in [9.17, 15) is 4.79 Å². The first-order chi connectivity index (χ1) is 8.08. The average molecular weight is 234 g/mol. The van der Waals surface area contributed by atoms with Crippen molar-refractivity contribution in [1.29, 1.82) is 0 Å². The fourth-order valence-corrected chi connectivity index (χ4v) is 1.58. The zero-order valence-electron chi connectivity index (χ0n) is 9.77. The van der Waals surface area contributed by atoms with Crippen molar-refractivity contribution in [3.8, 4) is 0 Å². The predicted molar refractivity (Wildman–Crippen MR) is 63.1 cm³/mol. The van der Waals surface area contributed by atoms with Crippen molar-refractivity contribution in [1.82, 2.24) is 19.9 Å². The lowest BCUT2D eigenvalue weighted by atomic mass is 10.2. The van der Waals surface area contributed by atoms with Gasteiger partial charge in [-0.05, 0) is 20.2 Å². The molecule has 6 heteroatoms. The molecule has 0 fully saturated rings. The lowest BCUT2D eigenvalue weighted by Crippen LogP contribution is -2.15. The number of aromatic nitrogens is 3. The second-order valence-corrected chi connectivity index (χ2v) is 4.10. The monoisotopic (exact) mass is 234 g/mol. The summed E-state index contributed by atoms with van der Waals surface area (Å²) in [5, 5.41) is 9.03. The van der Waals surface area contributed by atoms with Crippen LogP contribution in [0.15, 0.2) is 12.3 Å². The Balaban J connectivity index is 2.36.